The number of amides is 1. The number of H-pyrrole nitrogens is 1. The average Bonchev–Trinajstić information content (AvgIpc) is 3.69. The lowest BCUT2D eigenvalue weighted by atomic mass is 9.99. The molecular formula is C34H40N4O4S. The third-order valence-corrected chi connectivity index (χ3v) is 9.42. The molecule has 0 saturated carbocycles. The normalized spacial score (nSPS) is 15.1. The highest BCUT2D eigenvalue weighted by Gasteiger charge is 2.35. The Balaban J connectivity index is 1.31. The highest BCUT2D eigenvalue weighted by molar-refractivity contribution is 7.89. The molecule has 9 heteroatoms. The van der Waals surface area contributed by atoms with Gasteiger partial charge in [0, 0.05) is 24.2 Å². The predicted octanol–water partition coefficient (Wildman–Crippen LogP) is 6.80. The van der Waals surface area contributed by atoms with Crippen molar-refractivity contribution in [3.05, 3.63) is 107 Å². The van der Waals surface area contributed by atoms with Gasteiger partial charge in [0.1, 0.15) is 6.61 Å². The molecule has 2 heterocycles. The molecule has 0 spiro atoms. The number of sulfonamides is 1. The zero-order chi connectivity index (χ0) is 30.1. The van der Waals surface area contributed by atoms with Crippen molar-refractivity contribution < 1.29 is 17.9 Å². The van der Waals surface area contributed by atoms with Gasteiger partial charge in [-0.3, -0.25) is 10.00 Å². The Kier molecular flexibility index (Phi) is 10.3. The Hall–Kier alpha value is -3.95. The van der Waals surface area contributed by atoms with Crippen LogP contribution in [0.5, 0.6) is 0 Å². The van der Waals surface area contributed by atoms with Crippen molar-refractivity contribution in [2.75, 3.05) is 13.1 Å². The van der Waals surface area contributed by atoms with Crippen molar-refractivity contribution in [3.63, 3.8) is 0 Å². The maximum atomic E-state index is 13.2. The second-order valence-electron chi connectivity index (χ2n) is 11.0. The number of ether oxygens (including phenoxy) is 1. The van der Waals surface area contributed by atoms with E-state index in [1.165, 1.54) is 0 Å². The number of aromatic amines is 1. The van der Waals surface area contributed by atoms with E-state index in [1.807, 2.05) is 72.8 Å². The minimum absolute atomic E-state index is 0.193. The molecule has 5 rings (SSSR count). The van der Waals surface area contributed by atoms with E-state index in [1.54, 1.807) is 17.0 Å². The van der Waals surface area contributed by atoms with Crippen molar-refractivity contribution in [2.24, 2.45) is 0 Å². The van der Waals surface area contributed by atoms with Crippen molar-refractivity contribution in [1.29, 1.82) is 0 Å². The summed E-state index contributed by atoms with van der Waals surface area (Å²) in [5, 5.41) is 7.85. The number of nitrogens with one attached hydrogen (secondary N) is 2. The van der Waals surface area contributed by atoms with Crippen LogP contribution in [-0.2, 0) is 34.2 Å². The number of rotatable bonds is 13. The van der Waals surface area contributed by atoms with Gasteiger partial charge in [0.25, 0.3) is 0 Å². The molecule has 3 aromatic carbocycles. The standard InChI is InChI=1S/C34H40N4O4S/c1-2-3-6-12-26-18-20-29(21-19-26)43(40,41)35-23-22-30-32(28-15-9-5-10-16-28)36-37-33(30)31-17-11-24-38(31)34(39)42-25-27-13-7-4-8-14-27/h4-5,7-10,13-16,18-21,31,35H,2-3,6,11-12,17,22-25H2,1H3,(H,36,37). The fourth-order valence-electron chi connectivity index (χ4n) is 5.64. The SMILES string of the molecule is CCCCCc1ccc(S(=O)(=O)NCCc2c(-c3ccccc3)n[nH]c2C2CCCN2C(=O)OCc2ccccc2)cc1. The highest BCUT2D eigenvalue weighted by Crippen LogP contribution is 2.37. The van der Waals surface area contributed by atoms with Crippen LogP contribution >= 0.6 is 0 Å². The van der Waals surface area contributed by atoms with Gasteiger partial charge < -0.3 is 4.74 Å². The van der Waals surface area contributed by atoms with Crippen LogP contribution in [0.1, 0.15) is 67.5 Å². The molecule has 1 aliphatic heterocycles. The molecule has 1 unspecified atom stereocenters. The summed E-state index contributed by atoms with van der Waals surface area (Å²) < 4.78 is 34.8. The van der Waals surface area contributed by atoms with E-state index in [2.05, 4.69) is 21.8 Å². The number of hydrogen-bond donors (Lipinski definition) is 2. The van der Waals surface area contributed by atoms with Gasteiger partial charge in [0.15, 0.2) is 0 Å². The molecule has 0 aliphatic carbocycles. The van der Waals surface area contributed by atoms with Gasteiger partial charge in [0.05, 0.1) is 22.3 Å². The third-order valence-electron chi connectivity index (χ3n) is 7.94. The Morgan fingerprint density at radius 2 is 1.67 bits per heavy atom. The summed E-state index contributed by atoms with van der Waals surface area (Å²) in [4.78, 5) is 15.2. The quantitative estimate of drug-likeness (QED) is 0.164. The first-order chi connectivity index (χ1) is 21.0. The van der Waals surface area contributed by atoms with Crippen molar-refractivity contribution in [1.82, 2.24) is 19.8 Å². The molecule has 1 saturated heterocycles. The Labute approximate surface area is 254 Å². The van der Waals surface area contributed by atoms with Gasteiger partial charge in [-0.1, -0.05) is 92.6 Å². The van der Waals surface area contributed by atoms with Crippen LogP contribution in [0.15, 0.2) is 89.8 Å². The smallest absolute Gasteiger partial charge is 0.410 e. The third kappa shape index (κ3) is 7.72. The number of unbranched alkanes of at least 4 members (excludes halogenated alkanes) is 2. The molecule has 2 N–H and O–H groups in total. The predicted molar refractivity (Wildman–Crippen MR) is 168 cm³/mol. The summed E-state index contributed by atoms with van der Waals surface area (Å²) >= 11 is 0. The molecule has 0 bridgehead atoms. The van der Waals surface area contributed by atoms with Crippen LogP contribution in [0, 0.1) is 0 Å². The summed E-state index contributed by atoms with van der Waals surface area (Å²) in [7, 11) is -3.69. The first-order valence-corrected chi connectivity index (χ1v) is 16.6. The fraction of sp³-hybridized carbons (Fsp3) is 0.353. The van der Waals surface area contributed by atoms with Crippen LogP contribution in [0.4, 0.5) is 4.79 Å². The van der Waals surface area contributed by atoms with Crippen molar-refractivity contribution in [3.8, 4) is 11.3 Å². The molecule has 4 aromatic rings. The van der Waals surface area contributed by atoms with Gasteiger partial charge in [-0.15, -0.1) is 0 Å². The lowest BCUT2D eigenvalue weighted by Gasteiger charge is -2.24. The van der Waals surface area contributed by atoms with Gasteiger partial charge in [-0.2, -0.15) is 5.10 Å². The Morgan fingerprint density at radius 1 is 0.953 bits per heavy atom. The van der Waals surface area contributed by atoms with E-state index in [0.29, 0.717) is 13.0 Å². The van der Waals surface area contributed by atoms with Crippen LogP contribution in [0.2, 0.25) is 0 Å². The van der Waals surface area contributed by atoms with E-state index in [0.717, 1.165) is 72.2 Å². The molecular weight excluding hydrogens is 560 g/mol. The minimum atomic E-state index is -3.69. The maximum absolute atomic E-state index is 13.2. The lowest BCUT2D eigenvalue weighted by molar-refractivity contribution is 0.0914. The fourth-order valence-corrected chi connectivity index (χ4v) is 6.67. The zero-order valence-corrected chi connectivity index (χ0v) is 25.5. The first kappa shape index (κ1) is 30.5. The van der Waals surface area contributed by atoms with Crippen LogP contribution < -0.4 is 4.72 Å². The maximum Gasteiger partial charge on any atom is 0.410 e. The summed E-state index contributed by atoms with van der Waals surface area (Å²) in [6, 6.07) is 26.4. The van der Waals surface area contributed by atoms with Gasteiger partial charge in [-0.25, -0.2) is 17.9 Å². The van der Waals surface area contributed by atoms with E-state index in [-0.39, 0.29) is 30.2 Å². The minimum Gasteiger partial charge on any atom is -0.445 e. The number of carbonyl (C=O) groups is 1. The molecule has 0 radical (unpaired) electrons. The van der Waals surface area contributed by atoms with Gasteiger partial charge >= 0.3 is 6.09 Å². The molecule has 1 aromatic heterocycles. The number of aryl methyl sites for hydroxylation is 1. The van der Waals surface area contributed by atoms with Crippen molar-refractivity contribution >= 4 is 16.1 Å². The largest absolute Gasteiger partial charge is 0.445 e. The molecule has 43 heavy (non-hydrogen) atoms. The number of nitrogens with zero attached hydrogens (tertiary/aromatic N) is 2. The summed E-state index contributed by atoms with van der Waals surface area (Å²) in [6.07, 6.45) is 6.01. The summed E-state index contributed by atoms with van der Waals surface area (Å²) in [5.41, 5.74) is 5.48. The first-order valence-electron chi connectivity index (χ1n) is 15.1. The van der Waals surface area contributed by atoms with Crippen LogP contribution in [0.25, 0.3) is 11.3 Å². The molecule has 1 fully saturated rings. The number of benzene rings is 3. The molecule has 1 atom stereocenters. The Bertz CT molecular complexity index is 1570. The van der Waals surface area contributed by atoms with Crippen LogP contribution in [-0.4, -0.2) is 42.7 Å². The second-order valence-corrected chi connectivity index (χ2v) is 12.7. The van der Waals surface area contributed by atoms with E-state index in [4.69, 9.17) is 4.74 Å². The number of likely N-dealkylation sites (tertiary alicyclic amines) is 1. The van der Waals surface area contributed by atoms with Crippen molar-refractivity contribution in [2.45, 2.75) is 69.4 Å². The number of carbonyl (C=O) groups excluding carboxylic acids is 1. The van der Waals surface area contributed by atoms with E-state index in [9.17, 15) is 13.2 Å². The molecule has 1 amide bonds. The molecule has 1 aliphatic rings. The Morgan fingerprint density at radius 3 is 2.40 bits per heavy atom. The highest BCUT2D eigenvalue weighted by atomic mass is 32.2. The number of aromatic nitrogens is 2. The second kappa shape index (κ2) is 14.5. The van der Waals surface area contributed by atoms with Gasteiger partial charge in [0.2, 0.25) is 10.0 Å². The van der Waals surface area contributed by atoms with Gasteiger partial charge in [-0.05, 0) is 55.4 Å². The van der Waals surface area contributed by atoms with E-state index >= 15 is 0 Å². The molecule has 226 valence electrons. The zero-order valence-electron chi connectivity index (χ0n) is 24.7. The monoisotopic (exact) mass is 600 g/mol. The van der Waals surface area contributed by atoms with Crippen LogP contribution in [0.3, 0.4) is 0 Å². The lowest BCUT2D eigenvalue weighted by Crippen LogP contribution is -2.32. The summed E-state index contributed by atoms with van der Waals surface area (Å²) in [6.45, 7) is 3.15. The van der Waals surface area contributed by atoms with E-state index < -0.39 is 10.0 Å². The number of hydrogen-bond acceptors (Lipinski definition) is 5. The topological polar surface area (TPSA) is 104 Å². The summed E-state index contributed by atoms with van der Waals surface area (Å²) in [5.74, 6) is 0. The average molecular weight is 601 g/mol. The molecule has 8 nitrogen and oxygen atoms in total.